The van der Waals surface area contributed by atoms with Crippen molar-refractivity contribution in [3.05, 3.63) is 77.4 Å². The van der Waals surface area contributed by atoms with Crippen molar-refractivity contribution in [3.63, 3.8) is 0 Å². The Kier molecular flexibility index (Phi) is 5.92. The van der Waals surface area contributed by atoms with Crippen LogP contribution in [0.15, 0.2) is 66.3 Å². The van der Waals surface area contributed by atoms with Gasteiger partial charge in [0.05, 0.1) is 13.2 Å². The minimum absolute atomic E-state index is 0.123. The van der Waals surface area contributed by atoms with Gasteiger partial charge in [-0.05, 0) is 34.7 Å². The van der Waals surface area contributed by atoms with Crippen molar-refractivity contribution in [2.24, 2.45) is 0 Å². The molecule has 1 saturated heterocycles. The number of likely N-dealkylation sites (N-methyl/N-ethyl adjacent to an activating group) is 1. The van der Waals surface area contributed by atoms with Crippen LogP contribution in [0.1, 0.15) is 15.9 Å². The summed E-state index contributed by atoms with van der Waals surface area (Å²) >= 11 is 1.69. The highest BCUT2D eigenvalue weighted by Crippen LogP contribution is 2.28. The third-order valence-electron chi connectivity index (χ3n) is 5.29. The average molecular weight is 422 g/mol. The number of hydrogen-bond acceptors (Lipinski definition) is 5. The zero-order valence-electron chi connectivity index (χ0n) is 16.7. The number of carbonyl (C=O) groups is 2. The second kappa shape index (κ2) is 8.77. The Bertz CT molecular complexity index is 1010. The number of morpholine rings is 1. The summed E-state index contributed by atoms with van der Waals surface area (Å²) in [6, 6.07) is 15.6. The van der Waals surface area contributed by atoms with E-state index < -0.39 is 5.60 Å². The van der Waals surface area contributed by atoms with Crippen molar-refractivity contribution in [1.82, 2.24) is 15.2 Å². The van der Waals surface area contributed by atoms with Crippen LogP contribution in [0.2, 0.25) is 0 Å². The second-order valence-electron chi connectivity index (χ2n) is 7.24. The average Bonchev–Trinajstić information content (AvgIpc) is 3.34. The van der Waals surface area contributed by atoms with Gasteiger partial charge in [0.2, 0.25) is 0 Å². The lowest BCUT2D eigenvalue weighted by Crippen LogP contribution is -2.61. The minimum Gasteiger partial charge on any atom is -0.361 e. The summed E-state index contributed by atoms with van der Waals surface area (Å²) in [7, 11) is 1.59. The predicted molar refractivity (Wildman–Crippen MR) is 116 cm³/mol. The number of pyridine rings is 1. The third-order valence-corrected chi connectivity index (χ3v) is 6.21. The fourth-order valence-corrected chi connectivity index (χ4v) is 4.48. The van der Waals surface area contributed by atoms with E-state index in [1.807, 2.05) is 23.6 Å². The summed E-state index contributed by atoms with van der Waals surface area (Å²) in [5, 5.41) is 4.77. The van der Waals surface area contributed by atoms with E-state index in [4.69, 9.17) is 4.74 Å². The highest BCUT2D eigenvalue weighted by atomic mass is 32.1. The molecule has 0 aliphatic carbocycles. The first kappa shape index (κ1) is 20.3. The van der Waals surface area contributed by atoms with Crippen molar-refractivity contribution in [1.29, 1.82) is 0 Å². The smallest absolute Gasteiger partial charge is 0.254 e. The second-order valence-corrected chi connectivity index (χ2v) is 8.18. The number of nitrogens with zero attached hydrogens (tertiary/aromatic N) is 2. The normalized spacial score (nSPS) is 18.8. The Labute approximate surface area is 179 Å². The lowest BCUT2D eigenvalue weighted by atomic mass is 9.90. The molecule has 154 valence electrons. The Morgan fingerprint density at radius 2 is 1.93 bits per heavy atom. The first-order valence-corrected chi connectivity index (χ1v) is 10.7. The maximum absolute atomic E-state index is 12.9. The molecule has 2 aromatic heterocycles. The van der Waals surface area contributed by atoms with E-state index in [1.54, 1.807) is 47.8 Å². The van der Waals surface area contributed by atoms with Crippen LogP contribution in [-0.2, 0) is 16.0 Å². The quantitative estimate of drug-likeness (QED) is 0.688. The van der Waals surface area contributed by atoms with Gasteiger partial charge in [-0.1, -0.05) is 30.3 Å². The van der Waals surface area contributed by atoms with Gasteiger partial charge in [-0.3, -0.25) is 14.6 Å². The Morgan fingerprint density at radius 1 is 1.17 bits per heavy atom. The van der Waals surface area contributed by atoms with Gasteiger partial charge in [0.25, 0.3) is 11.8 Å². The molecule has 30 heavy (non-hydrogen) atoms. The fraction of sp³-hybridized carbons (Fsp3) is 0.261. The first-order chi connectivity index (χ1) is 14.6. The molecule has 2 amide bonds. The van der Waals surface area contributed by atoms with Gasteiger partial charge in [0, 0.05) is 42.8 Å². The molecule has 1 fully saturated rings. The van der Waals surface area contributed by atoms with E-state index in [2.05, 4.69) is 28.5 Å². The van der Waals surface area contributed by atoms with Gasteiger partial charge in [-0.2, -0.15) is 0 Å². The largest absolute Gasteiger partial charge is 0.361 e. The van der Waals surface area contributed by atoms with Crippen LogP contribution in [0, 0.1) is 0 Å². The van der Waals surface area contributed by atoms with Crippen LogP contribution in [-0.4, -0.2) is 54.0 Å². The maximum atomic E-state index is 12.9. The maximum Gasteiger partial charge on any atom is 0.254 e. The summed E-state index contributed by atoms with van der Waals surface area (Å²) in [5.41, 5.74) is 1.55. The Hall–Kier alpha value is -3.03. The Balaban J connectivity index is 1.56. The predicted octanol–water partition coefficient (Wildman–Crippen LogP) is 3.01. The first-order valence-electron chi connectivity index (χ1n) is 9.79. The molecular weight excluding hydrogens is 398 g/mol. The number of rotatable bonds is 5. The molecule has 3 aromatic rings. The van der Waals surface area contributed by atoms with Gasteiger partial charge >= 0.3 is 0 Å². The summed E-state index contributed by atoms with van der Waals surface area (Å²) in [4.78, 5) is 32.7. The molecule has 1 N–H and O–H groups in total. The van der Waals surface area contributed by atoms with Crippen LogP contribution in [0.25, 0.3) is 10.4 Å². The van der Waals surface area contributed by atoms with Crippen LogP contribution in [0.4, 0.5) is 0 Å². The van der Waals surface area contributed by atoms with Gasteiger partial charge < -0.3 is 15.0 Å². The van der Waals surface area contributed by atoms with Crippen molar-refractivity contribution in [2.45, 2.75) is 12.0 Å². The van der Waals surface area contributed by atoms with Crippen LogP contribution in [0.5, 0.6) is 0 Å². The molecular formula is C23H23N3O3S. The van der Waals surface area contributed by atoms with E-state index in [0.717, 1.165) is 11.1 Å². The van der Waals surface area contributed by atoms with E-state index in [9.17, 15) is 9.59 Å². The van der Waals surface area contributed by atoms with E-state index in [1.165, 1.54) is 4.88 Å². The van der Waals surface area contributed by atoms with Crippen LogP contribution in [0.3, 0.4) is 0 Å². The number of ether oxygens (including phenoxy) is 1. The molecule has 1 aliphatic heterocycles. The van der Waals surface area contributed by atoms with Gasteiger partial charge in [-0.15, -0.1) is 11.3 Å². The SMILES string of the molecule is CNC(=O)[C@]1(Cc2ccc(-c3cccs3)cc2)CN(C(=O)c2ccncc2)CCO1. The molecule has 0 bridgehead atoms. The van der Waals surface area contributed by atoms with Gasteiger partial charge in [0.1, 0.15) is 0 Å². The van der Waals surface area contributed by atoms with Crippen molar-refractivity contribution in [3.8, 4) is 10.4 Å². The molecule has 4 rings (SSSR count). The zero-order chi connectivity index (χ0) is 21.0. The molecule has 1 atom stereocenters. The molecule has 7 heteroatoms. The lowest BCUT2D eigenvalue weighted by molar-refractivity contribution is -0.156. The topological polar surface area (TPSA) is 71.5 Å². The highest BCUT2D eigenvalue weighted by molar-refractivity contribution is 7.13. The minimum atomic E-state index is -1.12. The van der Waals surface area contributed by atoms with Crippen molar-refractivity contribution >= 4 is 23.2 Å². The molecule has 0 spiro atoms. The molecule has 6 nitrogen and oxygen atoms in total. The Morgan fingerprint density at radius 3 is 2.60 bits per heavy atom. The number of nitrogens with one attached hydrogen (secondary N) is 1. The number of aromatic nitrogens is 1. The van der Waals surface area contributed by atoms with Crippen molar-refractivity contribution < 1.29 is 14.3 Å². The van der Waals surface area contributed by atoms with E-state index in [-0.39, 0.29) is 18.4 Å². The summed E-state index contributed by atoms with van der Waals surface area (Å²) < 4.78 is 6.02. The number of hydrogen-bond donors (Lipinski definition) is 1. The lowest BCUT2D eigenvalue weighted by Gasteiger charge is -2.41. The number of amides is 2. The summed E-state index contributed by atoms with van der Waals surface area (Å²) in [5.74, 6) is -0.348. The number of thiophene rings is 1. The van der Waals surface area contributed by atoms with Gasteiger partial charge in [-0.25, -0.2) is 0 Å². The molecule has 0 unspecified atom stereocenters. The van der Waals surface area contributed by atoms with Crippen molar-refractivity contribution in [2.75, 3.05) is 26.7 Å². The number of benzene rings is 1. The zero-order valence-corrected chi connectivity index (χ0v) is 17.5. The molecule has 0 radical (unpaired) electrons. The summed E-state index contributed by atoms with van der Waals surface area (Å²) in [6.45, 7) is 0.940. The molecule has 1 aromatic carbocycles. The van der Waals surface area contributed by atoms with Gasteiger partial charge in [0.15, 0.2) is 5.60 Å². The fourth-order valence-electron chi connectivity index (χ4n) is 3.75. The van der Waals surface area contributed by atoms with E-state index in [0.29, 0.717) is 25.1 Å². The molecule has 1 aliphatic rings. The third kappa shape index (κ3) is 4.13. The van der Waals surface area contributed by atoms with Crippen LogP contribution < -0.4 is 5.32 Å². The monoisotopic (exact) mass is 421 g/mol. The number of carbonyl (C=O) groups excluding carboxylic acids is 2. The molecule has 3 heterocycles. The summed E-state index contributed by atoms with van der Waals surface area (Å²) in [6.07, 6.45) is 3.57. The van der Waals surface area contributed by atoms with Crippen LogP contribution >= 0.6 is 11.3 Å². The highest BCUT2D eigenvalue weighted by Gasteiger charge is 2.44. The molecule has 0 saturated carbocycles. The standard InChI is InChI=1S/C23H23N3O3S/c1-24-22(28)23(15-17-4-6-18(7-5-17)20-3-2-14-30-20)16-26(12-13-29-23)21(27)19-8-10-25-11-9-19/h2-11,14H,12-13,15-16H2,1H3,(H,24,28)/t23-/m0/s1. The van der Waals surface area contributed by atoms with E-state index >= 15 is 0 Å².